The van der Waals surface area contributed by atoms with Crippen LogP contribution in [-0.4, -0.2) is 31.9 Å². The zero-order valence-electron chi connectivity index (χ0n) is 13.2. The predicted molar refractivity (Wildman–Crippen MR) is 94.3 cm³/mol. The van der Waals surface area contributed by atoms with Crippen molar-refractivity contribution in [3.05, 3.63) is 60.4 Å². The first kappa shape index (κ1) is 16.2. The molecule has 0 aliphatic rings. The molecule has 0 unspecified atom stereocenters. The van der Waals surface area contributed by atoms with E-state index >= 15 is 0 Å². The van der Waals surface area contributed by atoms with Gasteiger partial charge in [-0.05, 0) is 53.2 Å². The van der Waals surface area contributed by atoms with Crippen LogP contribution in [0.25, 0.3) is 5.69 Å². The van der Waals surface area contributed by atoms with E-state index in [1.54, 1.807) is 22.8 Å². The number of hydrogen-bond acceptors (Lipinski definition) is 5. The smallest absolute Gasteiger partial charge is 0.225 e. The summed E-state index contributed by atoms with van der Waals surface area (Å²) in [4.78, 5) is 13.2. The Balaban J connectivity index is 1.54. The van der Waals surface area contributed by atoms with E-state index in [0.717, 1.165) is 22.7 Å². The van der Waals surface area contributed by atoms with Crippen LogP contribution in [-0.2, 0) is 4.79 Å². The zero-order chi connectivity index (χ0) is 16.8. The zero-order valence-corrected chi connectivity index (χ0v) is 14.0. The van der Waals surface area contributed by atoms with Crippen LogP contribution in [0.2, 0.25) is 0 Å². The predicted octanol–water partition coefficient (Wildman–Crippen LogP) is 3.09. The van der Waals surface area contributed by atoms with Gasteiger partial charge in [0.2, 0.25) is 5.91 Å². The van der Waals surface area contributed by atoms with Gasteiger partial charge in [0.15, 0.2) is 0 Å². The van der Waals surface area contributed by atoms with Crippen molar-refractivity contribution in [2.45, 2.75) is 18.2 Å². The quantitative estimate of drug-likeness (QED) is 0.699. The number of thioether (sulfide) groups is 1. The van der Waals surface area contributed by atoms with Crippen molar-refractivity contribution in [1.82, 2.24) is 20.2 Å². The first-order valence-electron chi connectivity index (χ1n) is 7.54. The van der Waals surface area contributed by atoms with Crippen molar-refractivity contribution in [2.24, 2.45) is 0 Å². The lowest BCUT2D eigenvalue weighted by atomic mass is 10.2. The number of nitrogens with one attached hydrogen (secondary N) is 1. The Labute approximate surface area is 144 Å². The lowest BCUT2D eigenvalue weighted by molar-refractivity contribution is -0.115. The topological polar surface area (TPSA) is 72.7 Å². The highest BCUT2D eigenvalue weighted by molar-refractivity contribution is 7.99. The highest BCUT2D eigenvalue weighted by Crippen LogP contribution is 2.20. The number of anilines is 1. The van der Waals surface area contributed by atoms with Crippen LogP contribution >= 0.6 is 11.8 Å². The Morgan fingerprint density at radius 3 is 2.75 bits per heavy atom. The average Bonchev–Trinajstić information content (AvgIpc) is 3.10. The fourth-order valence-electron chi connectivity index (χ4n) is 2.26. The summed E-state index contributed by atoms with van der Waals surface area (Å²) in [5, 5.41) is 14.1. The summed E-state index contributed by atoms with van der Waals surface area (Å²) in [5.74, 6) is 0.755. The highest BCUT2D eigenvalue weighted by atomic mass is 32.2. The van der Waals surface area contributed by atoms with Crippen LogP contribution in [0.5, 0.6) is 0 Å². The molecule has 0 bridgehead atoms. The molecule has 6 nitrogen and oxygen atoms in total. The number of rotatable bonds is 6. The molecule has 1 aromatic heterocycles. The largest absolute Gasteiger partial charge is 0.326 e. The molecule has 122 valence electrons. The van der Waals surface area contributed by atoms with E-state index in [1.165, 1.54) is 4.90 Å². The van der Waals surface area contributed by atoms with Gasteiger partial charge in [-0.1, -0.05) is 18.2 Å². The number of carbonyl (C=O) groups excluding carboxylic acids is 1. The molecule has 0 saturated carbocycles. The molecule has 0 atom stereocenters. The van der Waals surface area contributed by atoms with Crippen LogP contribution in [0, 0.1) is 6.92 Å². The molecule has 3 rings (SSSR count). The SMILES string of the molecule is Cc1cc(NC(=O)CCSc2ccccc2)ccc1-n1cnnn1. The number of tetrazole rings is 1. The van der Waals surface area contributed by atoms with Crippen molar-refractivity contribution in [3.63, 3.8) is 0 Å². The van der Waals surface area contributed by atoms with Gasteiger partial charge in [-0.3, -0.25) is 4.79 Å². The lowest BCUT2D eigenvalue weighted by Crippen LogP contribution is -2.12. The number of hydrogen-bond donors (Lipinski definition) is 1. The van der Waals surface area contributed by atoms with Gasteiger partial charge in [0.25, 0.3) is 0 Å². The standard InChI is InChI=1S/C17H17N5OS/c1-13-11-14(7-8-16(13)22-12-18-20-21-22)19-17(23)9-10-24-15-5-3-2-4-6-15/h2-8,11-12H,9-10H2,1H3,(H,19,23). The van der Waals surface area contributed by atoms with Crippen molar-refractivity contribution < 1.29 is 4.79 Å². The normalized spacial score (nSPS) is 10.5. The van der Waals surface area contributed by atoms with Gasteiger partial charge in [0, 0.05) is 22.8 Å². The minimum absolute atomic E-state index is 0.00741. The molecule has 0 spiro atoms. The van der Waals surface area contributed by atoms with Crippen LogP contribution in [0.3, 0.4) is 0 Å². The summed E-state index contributed by atoms with van der Waals surface area (Å²) < 4.78 is 1.59. The van der Waals surface area contributed by atoms with Gasteiger partial charge in [-0.15, -0.1) is 16.9 Å². The van der Waals surface area contributed by atoms with Gasteiger partial charge in [0.05, 0.1) is 5.69 Å². The molecule has 1 heterocycles. The average molecular weight is 339 g/mol. The first-order chi connectivity index (χ1) is 11.7. The molecular formula is C17H17N5OS. The molecule has 3 aromatic rings. The number of benzene rings is 2. The molecule has 0 fully saturated rings. The number of amides is 1. The maximum absolute atomic E-state index is 12.1. The maximum Gasteiger partial charge on any atom is 0.225 e. The van der Waals surface area contributed by atoms with Gasteiger partial charge >= 0.3 is 0 Å². The second kappa shape index (κ2) is 7.74. The van der Waals surface area contributed by atoms with Gasteiger partial charge < -0.3 is 5.32 Å². The minimum atomic E-state index is 0.00741. The van der Waals surface area contributed by atoms with E-state index in [1.807, 2.05) is 55.5 Å². The Kier molecular flexibility index (Phi) is 5.22. The van der Waals surface area contributed by atoms with E-state index in [9.17, 15) is 4.79 Å². The van der Waals surface area contributed by atoms with E-state index in [-0.39, 0.29) is 5.91 Å². The van der Waals surface area contributed by atoms with Crippen molar-refractivity contribution >= 4 is 23.4 Å². The molecule has 1 amide bonds. The molecule has 2 aromatic carbocycles. The third-order valence-corrected chi connectivity index (χ3v) is 4.43. The maximum atomic E-state index is 12.1. The number of aromatic nitrogens is 4. The molecular weight excluding hydrogens is 322 g/mol. The van der Waals surface area contributed by atoms with E-state index < -0.39 is 0 Å². The van der Waals surface area contributed by atoms with Crippen molar-refractivity contribution in [3.8, 4) is 5.69 Å². The van der Waals surface area contributed by atoms with Crippen molar-refractivity contribution in [1.29, 1.82) is 0 Å². The highest BCUT2D eigenvalue weighted by Gasteiger charge is 2.07. The fourth-order valence-corrected chi connectivity index (χ4v) is 3.14. The molecule has 24 heavy (non-hydrogen) atoms. The van der Waals surface area contributed by atoms with Gasteiger partial charge in [-0.2, -0.15) is 0 Å². The molecule has 0 saturated heterocycles. The Morgan fingerprint density at radius 1 is 1.21 bits per heavy atom. The van der Waals surface area contributed by atoms with Crippen LogP contribution < -0.4 is 5.32 Å². The summed E-state index contributed by atoms with van der Waals surface area (Å²) >= 11 is 1.68. The summed E-state index contributed by atoms with van der Waals surface area (Å²) in [6.45, 7) is 1.96. The molecule has 7 heteroatoms. The third-order valence-electron chi connectivity index (χ3n) is 3.42. The second-order valence-electron chi connectivity index (χ2n) is 5.22. The Hall–Kier alpha value is -2.67. The van der Waals surface area contributed by atoms with Crippen LogP contribution in [0.15, 0.2) is 59.8 Å². The Bertz CT molecular complexity index is 805. The Morgan fingerprint density at radius 2 is 2.04 bits per heavy atom. The second-order valence-corrected chi connectivity index (χ2v) is 6.38. The van der Waals surface area contributed by atoms with E-state index in [2.05, 4.69) is 20.8 Å². The first-order valence-corrected chi connectivity index (χ1v) is 8.52. The number of nitrogens with zero attached hydrogens (tertiary/aromatic N) is 4. The molecule has 0 radical (unpaired) electrons. The number of carbonyl (C=O) groups is 1. The van der Waals surface area contributed by atoms with Crippen molar-refractivity contribution in [2.75, 3.05) is 11.1 Å². The summed E-state index contributed by atoms with van der Waals surface area (Å²) in [6, 6.07) is 15.7. The summed E-state index contributed by atoms with van der Waals surface area (Å²) in [5.41, 5.74) is 2.65. The lowest BCUT2D eigenvalue weighted by Gasteiger charge is -2.09. The monoisotopic (exact) mass is 339 g/mol. The van der Waals surface area contributed by atoms with E-state index in [0.29, 0.717) is 6.42 Å². The minimum Gasteiger partial charge on any atom is -0.326 e. The van der Waals surface area contributed by atoms with Crippen LogP contribution in [0.4, 0.5) is 5.69 Å². The molecule has 0 aliphatic heterocycles. The van der Waals surface area contributed by atoms with Gasteiger partial charge in [0.1, 0.15) is 6.33 Å². The third kappa shape index (κ3) is 4.20. The van der Waals surface area contributed by atoms with Gasteiger partial charge in [-0.25, -0.2) is 4.68 Å². The summed E-state index contributed by atoms with van der Waals surface area (Å²) in [7, 11) is 0. The van der Waals surface area contributed by atoms with E-state index in [4.69, 9.17) is 0 Å². The molecule has 1 N–H and O–H groups in total. The molecule has 0 aliphatic carbocycles. The number of aryl methyl sites for hydroxylation is 1. The van der Waals surface area contributed by atoms with Crippen LogP contribution in [0.1, 0.15) is 12.0 Å². The summed E-state index contributed by atoms with van der Waals surface area (Å²) in [6.07, 6.45) is 2.01. The fraction of sp³-hybridized carbons (Fsp3) is 0.176.